The molecule has 172 valence electrons. The Labute approximate surface area is 193 Å². The number of benzene rings is 2. The van der Waals surface area contributed by atoms with Crippen molar-refractivity contribution in [2.24, 2.45) is 0 Å². The van der Waals surface area contributed by atoms with Gasteiger partial charge in [-0.15, -0.1) is 0 Å². The van der Waals surface area contributed by atoms with Crippen LogP contribution in [0.15, 0.2) is 60.2 Å². The topological polar surface area (TPSA) is 95.9 Å². The number of rotatable bonds is 7. The van der Waals surface area contributed by atoms with E-state index in [-0.39, 0.29) is 25.0 Å². The third-order valence-corrected chi connectivity index (χ3v) is 6.31. The van der Waals surface area contributed by atoms with E-state index in [2.05, 4.69) is 29.6 Å². The molecule has 0 saturated heterocycles. The molecular weight excluding hydrogens is 420 g/mol. The molecule has 33 heavy (non-hydrogen) atoms. The van der Waals surface area contributed by atoms with Gasteiger partial charge in [-0.05, 0) is 35.1 Å². The van der Waals surface area contributed by atoms with Crippen LogP contribution in [0.1, 0.15) is 43.2 Å². The maximum Gasteiger partial charge on any atom is 0.407 e. The minimum atomic E-state index is -0.955. The number of nitrogens with zero attached hydrogens (tertiary/aromatic N) is 1. The number of carboxylic acid groups (broad SMARTS) is 1. The molecule has 0 aromatic heterocycles. The number of carbonyl (C=O) groups excluding carboxylic acids is 2. The van der Waals surface area contributed by atoms with Crippen molar-refractivity contribution in [3.8, 4) is 11.1 Å². The Morgan fingerprint density at radius 3 is 2.27 bits per heavy atom. The van der Waals surface area contributed by atoms with Gasteiger partial charge < -0.3 is 20.1 Å². The maximum absolute atomic E-state index is 13.0. The number of carboxylic acids is 1. The van der Waals surface area contributed by atoms with Gasteiger partial charge in [-0.1, -0.05) is 68.0 Å². The molecule has 1 aliphatic heterocycles. The average Bonchev–Trinajstić information content (AvgIpc) is 3.16. The first-order valence-corrected chi connectivity index (χ1v) is 11.3. The van der Waals surface area contributed by atoms with Crippen LogP contribution in [-0.4, -0.2) is 53.7 Å². The fourth-order valence-corrected chi connectivity index (χ4v) is 4.61. The van der Waals surface area contributed by atoms with E-state index < -0.39 is 18.1 Å². The quantitative estimate of drug-likeness (QED) is 0.669. The van der Waals surface area contributed by atoms with Gasteiger partial charge in [0.05, 0.1) is 0 Å². The molecule has 2 aromatic carbocycles. The largest absolute Gasteiger partial charge is 0.478 e. The number of aliphatic carboxylic acids is 1. The number of carbonyl (C=O) groups is 3. The number of ether oxygens (including phenoxy) is 1. The van der Waals surface area contributed by atoms with Crippen molar-refractivity contribution in [2.75, 3.05) is 19.7 Å². The van der Waals surface area contributed by atoms with Gasteiger partial charge in [0.1, 0.15) is 12.6 Å². The Morgan fingerprint density at radius 2 is 1.73 bits per heavy atom. The van der Waals surface area contributed by atoms with E-state index in [0.29, 0.717) is 31.4 Å². The number of amides is 2. The molecule has 2 amide bonds. The zero-order chi connectivity index (χ0) is 23.4. The molecule has 0 radical (unpaired) electrons. The van der Waals surface area contributed by atoms with Crippen LogP contribution in [-0.2, 0) is 14.3 Å². The van der Waals surface area contributed by atoms with Crippen molar-refractivity contribution in [2.45, 2.75) is 38.1 Å². The van der Waals surface area contributed by atoms with E-state index in [9.17, 15) is 14.4 Å². The van der Waals surface area contributed by atoms with Gasteiger partial charge in [-0.2, -0.15) is 0 Å². The number of fused-ring (bicyclic) bond motifs is 3. The highest BCUT2D eigenvalue weighted by Gasteiger charge is 2.31. The summed E-state index contributed by atoms with van der Waals surface area (Å²) in [5, 5.41) is 11.8. The van der Waals surface area contributed by atoms with E-state index in [1.54, 1.807) is 11.0 Å². The third-order valence-electron chi connectivity index (χ3n) is 6.31. The predicted molar refractivity (Wildman–Crippen MR) is 124 cm³/mol. The summed E-state index contributed by atoms with van der Waals surface area (Å²) in [6.07, 6.45) is 2.42. The van der Waals surface area contributed by atoms with Crippen LogP contribution in [0.4, 0.5) is 4.79 Å². The summed E-state index contributed by atoms with van der Waals surface area (Å²) in [5.41, 5.74) is 4.87. The zero-order valence-corrected chi connectivity index (χ0v) is 18.6. The van der Waals surface area contributed by atoms with Crippen molar-refractivity contribution in [1.82, 2.24) is 10.2 Å². The van der Waals surface area contributed by atoms with Crippen LogP contribution in [0.2, 0.25) is 0 Å². The van der Waals surface area contributed by atoms with Gasteiger partial charge in [0.15, 0.2) is 0 Å². The Hall–Kier alpha value is -3.61. The highest BCUT2D eigenvalue weighted by molar-refractivity contribution is 5.89. The van der Waals surface area contributed by atoms with E-state index in [0.717, 1.165) is 22.3 Å². The fraction of sp³-hybridized carbons (Fsp3) is 0.346. The average molecular weight is 449 g/mol. The maximum atomic E-state index is 13.0. The Kier molecular flexibility index (Phi) is 6.77. The lowest BCUT2D eigenvalue weighted by atomic mass is 9.98. The van der Waals surface area contributed by atoms with Crippen molar-refractivity contribution in [3.05, 3.63) is 71.3 Å². The van der Waals surface area contributed by atoms with Gasteiger partial charge in [0.2, 0.25) is 5.91 Å². The highest BCUT2D eigenvalue weighted by Crippen LogP contribution is 2.44. The van der Waals surface area contributed by atoms with Crippen LogP contribution >= 0.6 is 0 Å². The Balaban J connectivity index is 1.39. The fourth-order valence-electron chi connectivity index (χ4n) is 4.61. The molecule has 0 unspecified atom stereocenters. The SMILES string of the molecule is CCC[C@H](NC(=O)OCC1c2ccccc2-c2ccccc21)C(=O)N1CC=C(C(=O)O)CC1. The molecule has 0 saturated carbocycles. The highest BCUT2D eigenvalue weighted by atomic mass is 16.5. The molecule has 0 fully saturated rings. The summed E-state index contributed by atoms with van der Waals surface area (Å²) in [5.74, 6) is -1.22. The van der Waals surface area contributed by atoms with Crippen molar-refractivity contribution >= 4 is 18.0 Å². The predicted octanol–water partition coefficient (Wildman–Crippen LogP) is 3.94. The Bertz CT molecular complexity index is 1050. The standard InChI is InChI=1S/C26H28N2O5/c1-2-7-23(24(29)28-14-12-17(13-15-28)25(30)31)27-26(32)33-16-22-20-10-5-3-8-18(20)19-9-4-6-11-21(19)22/h3-6,8-12,22-23H,2,7,13-16H2,1H3,(H,27,32)(H,30,31)/t23-/m0/s1. The molecule has 2 N–H and O–H groups in total. The summed E-state index contributed by atoms with van der Waals surface area (Å²) in [6.45, 7) is 2.68. The number of hydrogen-bond acceptors (Lipinski definition) is 4. The van der Waals surface area contributed by atoms with Crippen molar-refractivity contribution < 1.29 is 24.2 Å². The molecule has 1 heterocycles. The lowest BCUT2D eigenvalue weighted by Crippen LogP contribution is -2.50. The second kappa shape index (κ2) is 9.90. The number of alkyl carbamates (subject to hydrolysis) is 1. The number of nitrogens with one attached hydrogen (secondary N) is 1. The van der Waals surface area contributed by atoms with Crippen molar-refractivity contribution in [3.63, 3.8) is 0 Å². The first-order valence-electron chi connectivity index (χ1n) is 11.3. The summed E-state index contributed by atoms with van der Waals surface area (Å²) in [6, 6.07) is 15.5. The van der Waals surface area contributed by atoms with Gasteiger partial charge >= 0.3 is 12.1 Å². The lowest BCUT2D eigenvalue weighted by molar-refractivity contribution is -0.135. The van der Waals surface area contributed by atoms with Gasteiger partial charge in [0.25, 0.3) is 0 Å². The van der Waals surface area contributed by atoms with E-state index >= 15 is 0 Å². The van der Waals surface area contributed by atoms with Crippen LogP contribution in [0.5, 0.6) is 0 Å². The van der Waals surface area contributed by atoms with Gasteiger partial charge in [-0.3, -0.25) is 4.79 Å². The smallest absolute Gasteiger partial charge is 0.407 e. The van der Waals surface area contributed by atoms with E-state index in [1.165, 1.54) is 0 Å². The second-order valence-corrected chi connectivity index (χ2v) is 8.38. The number of hydrogen-bond donors (Lipinski definition) is 2. The minimum absolute atomic E-state index is 0.0508. The molecule has 1 atom stereocenters. The molecule has 0 bridgehead atoms. The summed E-state index contributed by atoms with van der Waals surface area (Å²) in [4.78, 5) is 38.3. The summed E-state index contributed by atoms with van der Waals surface area (Å²) < 4.78 is 5.59. The summed E-state index contributed by atoms with van der Waals surface area (Å²) >= 11 is 0. The molecule has 2 aliphatic rings. The van der Waals surface area contributed by atoms with Crippen LogP contribution in [0.25, 0.3) is 11.1 Å². The molecule has 1 aliphatic carbocycles. The lowest BCUT2D eigenvalue weighted by Gasteiger charge is -2.29. The molecule has 7 heteroatoms. The normalized spacial score (nSPS) is 15.8. The first kappa shape index (κ1) is 22.6. The zero-order valence-electron chi connectivity index (χ0n) is 18.6. The van der Waals surface area contributed by atoms with Crippen LogP contribution in [0, 0.1) is 0 Å². The van der Waals surface area contributed by atoms with Crippen LogP contribution < -0.4 is 5.32 Å². The monoisotopic (exact) mass is 448 g/mol. The van der Waals surface area contributed by atoms with E-state index in [1.807, 2.05) is 31.2 Å². The molecule has 7 nitrogen and oxygen atoms in total. The van der Waals surface area contributed by atoms with Gasteiger partial charge in [0, 0.05) is 24.6 Å². The van der Waals surface area contributed by atoms with Gasteiger partial charge in [-0.25, -0.2) is 9.59 Å². The van der Waals surface area contributed by atoms with Crippen molar-refractivity contribution in [1.29, 1.82) is 0 Å². The first-order chi connectivity index (χ1) is 16.0. The Morgan fingerprint density at radius 1 is 1.09 bits per heavy atom. The molecule has 2 aromatic rings. The summed E-state index contributed by atoms with van der Waals surface area (Å²) in [7, 11) is 0. The molecule has 0 spiro atoms. The minimum Gasteiger partial charge on any atom is -0.478 e. The third kappa shape index (κ3) is 4.77. The second-order valence-electron chi connectivity index (χ2n) is 8.38. The van der Waals surface area contributed by atoms with Crippen LogP contribution in [0.3, 0.4) is 0 Å². The van der Waals surface area contributed by atoms with E-state index in [4.69, 9.17) is 9.84 Å². The molecular formula is C26H28N2O5. The molecule has 4 rings (SSSR count).